The molecule has 0 N–H and O–H groups in total. The van der Waals surface area contributed by atoms with E-state index in [2.05, 4.69) is 0 Å². The van der Waals surface area contributed by atoms with Gasteiger partial charge in [0.1, 0.15) is 0 Å². The van der Waals surface area contributed by atoms with Gasteiger partial charge in [0.2, 0.25) is 0 Å². The zero-order valence-corrected chi connectivity index (χ0v) is 8.16. The van der Waals surface area contributed by atoms with Crippen LogP contribution in [0.2, 0.25) is 0 Å². The Bertz CT molecular complexity index is 4.00. The van der Waals surface area contributed by atoms with Crippen LogP contribution in [0, 0.1) is 0 Å². The summed E-state index contributed by atoms with van der Waals surface area (Å²) < 4.78 is 8.38. The molecule has 4 heavy (non-hydrogen) atoms. The molecule has 0 heterocycles. The van der Waals surface area contributed by atoms with Gasteiger partial charge in [-0.05, 0) is 0 Å². The maximum Gasteiger partial charge on any atom is 2.00 e. The Morgan fingerprint density at radius 2 is 1.25 bits per heavy atom. The van der Waals surface area contributed by atoms with E-state index in [0.29, 0.717) is 0 Å². The molecule has 0 unspecified atom stereocenters. The van der Waals surface area contributed by atoms with Crippen molar-refractivity contribution in [3.63, 3.8) is 0 Å². The fourth-order valence-electron chi connectivity index (χ4n) is 0. The maximum atomic E-state index is 8.38. The molecule has 2 nitrogen and oxygen atoms in total. The molecule has 0 saturated carbocycles. The van der Waals surface area contributed by atoms with Crippen LogP contribution in [0.3, 0.4) is 0 Å². The molecule has 0 bridgehead atoms. The Hall–Kier alpha value is 1.01. The van der Waals surface area contributed by atoms with E-state index >= 15 is 0 Å². The summed E-state index contributed by atoms with van der Waals surface area (Å²) in [6.45, 7) is 0. The smallest absolute Gasteiger partial charge is 2.00 e. The van der Waals surface area contributed by atoms with Gasteiger partial charge in [0.15, 0.2) is 0 Å². The van der Waals surface area contributed by atoms with Gasteiger partial charge in [0.05, 0.1) is 0 Å². The third-order valence-corrected chi connectivity index (χ3v) is 0. The molecule has 0 saturated heterocycles. The van der Waals surface area contributed by atoms with E-state index in [4.69, 9.17) is 3.57 Å². The second-order valence-electron chi connectivity index (χ2n) is 0. The minimum absolute atomic E-state index is 0. The van der Waals surface area contributed by atoms with Gasteiger partial charge in [-0.2, -0.15) is 0 Å². The standard InChI is InChI=1S/2O.2Zn/q;-2;;+2. The number of hydrogen-bond donors (Lipinski definition) is 0. The van der Waals surface area contributed by atoms with E-state index in [1.54, 1.807) is 0 Å². The molecule has 0 aromatic carbocycles. The zero-order valence-electron chi connectivity index (χ0n) is 2.23. The molecule has 4 heteroatoms. The Morgan fingerprint density at radius 1 is 1.25 bits per heavy atom. The second kappa shape index (κ2) is 35.7. The zero-order chi connectivity index (χ0) is 2.00. The van der Waals surface area contributed by atoms with Crippen molar-refractivity contribution in [2.75, 3.05) is 0 Å². The first kappa shape index (κ1) is 20.0. The van der Waals surface area contributed by atoms with Gasteiger partial charge in [-0.1, -0.05) is 0 Å². The van der Waals surface area contributed by atoms with Crippen molar-refractivity contribution in [1.82, 2.24) is 0 Å². The summed E-state index contributed by atoms with van der Waals surface area (Å²) in [5, 5.41) is 0. The fourth-order valence-corrected chi connectivity index (χ4v) is 0. The molecule has 0 aromatic heterocycles. The van der Waals surface area contributed by atoms with E-state index < -0.39 is 0 Å². The van der Waals surface area contributed by atoms with E-state index in [1.807, 2.05) is 0 Å². The topological polar surface area (TPSA) is 45.6 Å². The van der Waals surface area contributed by atoms with Crippen molar-refractivity contribution >= 4 is 0 Å². The summed E-state index contributed by atoms with van der Waals surface area (Å²) in [7, 11) is 0. The average molecular weight is 163 g/mol. The van der Waals surface area contributed by atoms with Crippen molar-refractivity contribution in [2.24, 2.45) is 0 Å². The summed E-state index contributed by atoms with van der Waals surface area (Å²) in [5.74, 6) is 0. The number of rotatable bonds is 0. The molecule has 0 radical (unpaired) electrons. The minimum Gasteiger partial charge on any atom is 2.00 e. The molecule has 0 amide bonds. The fraction of sp³-hybridized carbons (Fsp3) is 0. The van der Waals surface area contributed by atoms with E-state index in [-0.39, 0.29) is 43.2 Å². The molecule has 0 aliphatic heterocycles. The number of hydrogen-bond acceptors (Lipinski definition) is 1. The molecule has 0 fully saturated rings. The quantitative estimate of drug-likeness (QED) is 0.454. The molecule has 0 spiro atoms. The Kier molecular flexibility index (Phi) is 178. The minimum atomic E-state index is 0. The maximum absolute atomic E-state index is 8.38. The molecule has 0 aromatic rings. The molecule has 0 atom stereocenters. The van der Waals surface area contributed by atoms with E-state index in [0.717, 1.165) is 0 Å². The molecule has 16 valence electrons. The normalized spacial score (nSPS) is 1.50. The monoisotopic (exact) mass is 160 g/mol. The van der Waals surface area contributed by atoms with Gasteiger partial charge in [0.25, 0.3) is 0 Å². The molecule has 0 rings (SSSR count). The van der Waals surface area contributed by atoms with Gasteiger partial charge < -0.3 is 5.48 Å². The first-order valence-corrected chi connectivity index (χ1v) is 1.50. The Morgan fingerprint density at radius 3 is 1.25 bits per heavy atom. The van der Waals surface area contributed by atoms with Gasteiger partial charge in [-0.25, -0.2) is 0 Å². The van der Waals surface area contributed by atoms with Crippen molar-refractivity contribution in [2.45, 2.75) is 0 Å². The van der Waals surface area contributed by atoms with Gasteiger partial charge >= 0.3 is 41.3 Å². The molecular formula is O2Zn2. The first-order valence-electron chi connectivity index (χ1n) is 0.289. The van der Waals surface area contributed by atoms with Gasteiger partial charge in [0, 0.05) is 0 Å². The largest absolute Gasteiger partial charge is 2.00 e. The van der Waals surface area contributed by atoms with Crippen LogP contribution in [0.15, 0.2) is 0 Å². The predicted octanol–water partition coefficient (Wildman–Crippen LogP) is -0.243. The average Bonchev–Trinajstić information content (AvgIpc) is 1.00. The van der Waals surface area contributed by atoms with Crippen LogP contribution >= 0.6 is 0 Å². The van der Waals surface area contributed by atoms with Crippen molar-refractivity contribution in [3.8, 4) is 0 Å². The van der Waals surface area contributed by atoms with Crippen LogP contribution in [-0.4, -0.2) is 0 Å². The van der Waals surface area contributed by atoms with E-state index in [1.165, 1.54) is 0 Å². The Balaban J connectivity index is -0.00000000500. The summed E-state index contributed by atoms with van der Waals surface area (Å²) in [4.78, 5) is 0. The summed E-state index contributed by atoms with van der Waals surface area (Å²) in [6.07, 6.45) is 0. The third-order valence-electron chi connectivity index (χ3n) is 0. The predicted molar refractivity (Wildman–Crippen MR) is 1.37 cm³/mol. The van der Waals surface area contributed by atoms with Crippen LogP contribution in [-0.2, 0) is 46.8 Å². The van der Waals surface area contributed by atoms with Crippen molar-refractivity contribution < 1.29 is 46.8 Å². The van der Waals surface area contributed by atoms with Crippen molar-refractivity contribution in [1.29, 1.82) is 0 Å². The second-order valence-corrected chi connectivity index (χ2v) is 0. The molecule has 0 aliphatic carbocycles. The van der Waals surface area contributed by atoms with Crippen LogP contribution in [0.4, 0.5) is 0 Å². The van der Waals surface area contributed by atoms with Crippen molar-refractivity contribution in [3.05, 3.63) is 0 Å². The van der Waals surface area contributed by atoms with Crippen LogP contribution in [0.1, 0.15) is 0 Å². The molecular weight excluding hydrogens is 163 g/mol. The Labute approximate surface area is 47.0 Å². The van der Waals surface area contributed by atoms with Crippen LogP contribution in [0.5, 0.6) is 0 Å². The molecule has 0 aliphatic rings. The summed E-state index contributed by atoms with van der Waals surface area (Å²) >= 11 is 0.125. The van der Waals surface area contributed by atoms with E-state index in [9.17, 15) is 0 Å². The van der Waals surface area contributed by atoms with Crippen LogP contribution in [0.25, 0.3) is 0 Å². The van der Waals surface area contributed by atoms with Gasteiger partial charge in [-0.15, -0.1) is 0 Å². The summed E-state index contributed by atoms with van der Waals surface area (Å²) in [6, 6.07) is 0. The SMILES string of the molecule is [O-2].[O]=[Zn].[Zn+2]. The summed E-state index contributed by atoms with van der Waals surface area (Å²) in [5.41, 5.74) is 0. The van der Waals surface area contributed by atoms with Crippen LogP contribution < -0.4 is 0 Å². The third kappa shape index (κ3) is 11.9. The van der Waals surface area contributed by atoms with Gasteiger partial charge in [-0.3, -0.25) is 0 Å². The first-order chi connectivity index (χ1) is 1.00.